The third kappa shape index (κ3) is 6.36. The van der Waals surface area contributed by atoms with Crippen LogP contribution in [0.2, 0.25) is 0 Å². The van der Waals surface area contributed by atoms with E-state index in [0.717, 1.165) is 34.8 Å². The number of aromatic nitrogens is 2. The molecule has 188 valence electrons. The van der Waals surface area contributed by atoms with E-state index in [9.17, 15) is 18.0 Å². The Hall–Kier alpha value is -3.99. The first-order chi connectivity index (χ1) is 17.2. The highest BCUT2D eigenvalue weighted by Gasteiger charge is 2.30. The summed E-state index contributed by atoms with van der Waals surface area (Å²) in [7, 11) is 0. The quantitative estimate of drug-likeness (QED) is 0.500. The van der Waals surface area contributed by atoms with E-state index in [2.05, 4.69) is 15.0 Å². The zero-order chi connectivity index (χ0) is 25.7. The van der Waals surface area contributed by atoms with Crippen LogP contribution in [0.25, 0.3) is 11.1 Å². The molecule has 0 radical (unpaired) electrons. The van der Waals surface area contributed by atoms with Crippen LogP contribution in [0.4, 0.5) is 29.5 Å². The molecule has 1 amide bonds. The summed E-state index contributed by atoms with van der Waals surface area (Å²) in [6.07, 6.45) is -0.964. The molecule has 0 saturated carbocycles. The van der Waals surface area contributed by atoms with Crippen LogP contribution in [-0.2, 0) is 15.7 Å². The summed E-state index contributed by atoms with van der Waals surface area (Å²) in [6.45, 7) is 3.45. The van der Waals surface area contributed by atoms with Crippen LogP contribution >= 0.6 is 0 Å². The third-order valence-electron chi connectivity index (χ3n) is 5.58. The van der Waals surface area contributed by atoms with Gasteiger partial charge in [0.15, 0.2) is 0 Å². The summed E-state index contributed by atoms with van der Waals surface area (Å²) < 4.78 is 49.4. The van der Waals surface area contributed by atoms with E-state index in [-0.39, 0.29) is 12.7 Å². The van der Waals surface area contributed by atoms with E-state index in [4.69, 9.17) is 15.2 Å². The number of morpholine rings is 1. The molecule has 1 atom stereocenters. The van der Waals surface area contributed by atoms with Crippen molar-refractivity contribution in [2.75, 3.05) is 31.2 Å². The van der Waals surface area contributed by atoms with Crippen molar-refractivity contribution >= 4 is 23.8 Å². The molecule has 11 heteroatoms. The number of hydrogen-bond acceptors (Lipinski definition) is 7. The topological polar surface area (TPSA) is 103 Å². The molecular formula is C25H24F3N5O3. The number of amides is 1. The summed E-state index contributed by atoms with van der Waals surface area (Å²) in [5.41, 5.74) is 7.59. The van der Waals surface area contributed by atoms with Gasteiger partial charge in [-0.2, -0.15) is 13.2 Å². The summed E-state index contributed by atoms with van der Waals surface area (Å²) in [6, 6.07) is 10.6. The maximum Gasteiger partial charge on any atom is 0.416 e. The van der Waals surface area contributed by atoms with Gasteiger partial charge in [-0.25, -0.2) is 9.78 Å². The minimum Gasteiger partial charge on any atom is -0.447 e. The summed E-state index contributed by atoms with van der Waals surface area (Å²) in [5, 5.41) is 0. The van der Waals surface area contributed by atoms with Gasteiger partial charge >= 0.3 is 12.3 Å². The minimum atomic E-state index is -4.42. The molecular weight excluding hydrogens is 475 g/mol. The Balaban J connectivity index is 1.54. The Kier molecular flexibility index (Phi) is 7.49. The van der Waals surface area contributed by atoms with Gasteiger partial charge in [-0.15, -0.1) is 0 Å². The Morgan fingerprint density at radius 3 is 2.89 bits per heavy atom. The van der Waals surface area contributed by atoms with Gasteiger partial charge in [-0.05, 0) is 48.4 Å². The van der Waals surface area contributed by atoms with Crippen molar-refractivity contribution in [2.45, 2.75) is 19.2 Å². The fourth-order valence-corrected chi connectivity index (χ4v) is 3.79. The van der Waals surface area contributed by atoms with Gasteiger partial charge in [0.05, 0.1) is 24.1 Å². The molecule has 3 heterocycles. The number of ether oxygens (including phenoxy) is 2. The molecule has 0 unspecified atom stereocenters. The minimum absolute atomic E-state index is 0.0560. The first-order valence-electron chi connectivity index (χ1n) is 11.1. The molecule has 1 saturated heterocycles. The zero-order valence-electron chi connectivity index (χ0n) is 19.4. The lowest BCUT2D eigenvalue weighted by Crippen LogP contribution is -2.45. The number of halogens is 3. The lowest BCUT2D eigenvalue weighted by molar-refractivity contribution is -0.137. The smallest absolute Gasteiger partial charge is 0.416 e. The fourth-order valence-electron chi connectivity index (χ4n) is 3.79. The van der Waals surface area contributed by atoms with Gasteiger partial charge in [-0.3, -0.25) is 9.98 Å². The molecule has 1 aromatic carbocycles. The molecule has 0 spiro atoms. The Bertz CT molecular complexity index is 1270. The van der Waals surface area contributed by atoms with E-state index in [1.54, 1.807) is 18.5 Å². The van der Waals surface area contributed by atoms with Crippen molar-refractivity contribution < 1.29 is 27.4 Å². The predicted molar refractivity (Wildman–Crippen MR) is 128 cm³/mol. The molecule has 4 rings (SSSR count). The number of aliphatic imine (C=N–C) groups is 1. The number of anilines is 1. The number of carbonyl (C=O) groups is 1. The normalized spacial score (nSPS) is 16.3. The Morgan fingerprint density at radius 2 is 2.11 bits per heavy atom. The maximum absolute atomic E-state index is 13.0. The summed E-state index contributed by atoms with van der Waals surface area (Å²) >= 11 is 0. The molecule has 1 aliphatic heterocycles. The number of pyridine rings is 2. The highest BCUT2D eigenvalue weighted by molar-refractivity contribution is 5.83. The van der Waals surface area contributed by atoms with Crippen LogP contribution in [0.3, 0.4) is 0 Å². The Labute approximate surface area is 205 Å². The predicted octanol–water partition coefficient (Wildman–Crippen LogP) is 4.52. The first kappa shape index (κ1) is 25.1. The third-order valence-corrected chi connectivity index (χ3v) is 5.58. The average Bonchev–Trinajstić information content (AvgIpc) is 2.87. The van der Waals surface area contributed by atoms with Gasteiger partial charge in [0.1, 0.15) is 18.5 Å². The van der Waals surface area contributed by atoms with E-state index < -0.39 is 17.8 Å². The van der Waals surface area contributed by atoms with Crippen LogP contribution in [0.15, 0.2) is 59.9 Å². The SMILES string of the molecule is Cc1ncc(N=Cc2cccc(C(F)(F)F)c2)cc1-c1ccnc(N2CCO[C@@H](COC(N)=O)C2)c1. The second kappa shape index (κ2) is 10.7. The number of nitrogens with two attached hydrogens (primary N) is 1. The van der Waals surface area contributed by atoms with Crippen LogP contribution in [0.5, 0.6) is 0 Å². The number of alkyl halides is 3. The Morgan fingerprint density at radius 1 is 1.28 bits per heavy atom. The first-order valence-corrected chi connectivity index (χ1v) is 11.1. The standard InChI is InChI=1S/C25H24F3N5O3/c1-16-22(11-20(13-31-16)32-12-17-3-2-4-19(9-17)25(26,27)28)18-5-6-30-23(10-18)33-7-8-35-21(14-33)15-36-24(29)34/h2-6,9-13,21H,7-8,14-15H2,1H3,(H2,29,34)/t21-/m1/s1. The number of aryl methyl sites for hydroxylation is 1. The van der Waals surface area contributed by atoms with Gasteiger partial charge in [0.2, 0.25) is 0 Å². The average molecular weight is 499 g/mol. The van der Waals surface area contributed by atoms with Crippen molar-refractivity contribution in [1.82, 2.24) is 9.97 Å². The van der Waals surface area contributed by atoms with E-state index in [1.165, 1.54) is 12.3 Å². The molecule has 1 aliphatic rings. The number of benzene rings is 1. The number of carbonyl (C=O) groups excluding carboxylic acids is 1. The van der Waals surface area contributed by atoms with E-state index in [1.807, 2.05) is 30.0 Å². The number of primary amides is 1. The van der Waals surface area contributed by atoms with Crippen LogP contribution in [0.1, 0.15) is 16.8 Å². The molecule has 3 aromatic rings. The van der Waals surface area contributed by atoms with Gasteiger partial charge < -0.3 is 20.1 Å². The largest absolute Gasteiger partial charge is 0.447 e. The van der Waals surface area contributed by atoms with Crippen LogP contribution in [0, 0.1) is 6.92 Å². The zero-order valence-corrected chi connectivity index (χ0v) is 19.4. The summed E-state index contributed by atoms with van der Waals surface area (Å²) in [4.78, 5) is 26.1. The van der Waals surface area contributed by atoms with Gasteiger partial charge in [-0.1, -0.05) is 12.1 Å². The van der Waals surface area contributed by atoms with Crippen molar-refractivity contribution in [3.8, 4) is 11.1 Å². The van der Waals surface area contributed by atoms with Crippen molar-refractivity contribution in [3.63, 3.8) is 0 Å². The fraction of sp³-hybridized carbons (Fsp3) is 0.280. The molecule has 0 aliphatic carbocycles. The second-order valence-electron chi connectivity index (χ2n) is 8.18. The van der Waals surface area contributed by atoms with Crippen molar-refractivity contribution in [2.24, 2.45) is 10.7 Å². The molecule has 0 bridgehead atoms. The second-order valence-corrected chi connectivity index (χ2v) is 8.18. The molecule has 8 nitrogen and oxygen atoms in total. The van der Waals surface area contributed by atoms with Gasteiger partial charge in [0, 0.05) is 36.8 Å². The highest BCUT2D eigenvalue weighted by Crippen LogP contribution is 2.30. The van der Waals surface area contributed by atoms with E-state index in [0.29, 0.717) is 30.9 Å². The number of nitrogens with zero attached hydrogens (tertiary/aromatic N) is 4. The highest BCUT2D eigenvalue weighted by atomic mass is 19.4. The summed E-state index contributed by atoms with van der Waals surface area (Å²) in [5.74, 6) is 0.720. The molecule has 1 fully saturated rings. The van der Waals surface area contributed by atoms with Crippen molar-refractivity contribution in [1.29, 1.82) is 0 Å². The van der Waals surface area contributed by atoms with Gasteiger partial charge in [0.25, 0.3) is 0 Å². The molecule has 36 heavy (non-hydrogen) atoms. The maximum atomic E-state index is 13.0. The lowest BCUT2D eigenvalue weighted by Gasteiger charge is -2.33. The van der Waals surface area contributed by atoms with E-state index >= 15 is 0 Å². The number of rotatable bonds is 6. The molecule has 2 aromatic heterocycles. The number of hydrogen-bond donors (Lipinski definition) is 1. The van der Waals surface area contributed by atoms with Crippen LogP contribution < -0.4 is 10.6 Å². The molecule has 2 N–H and O–H groups in total. The van der Waals surface area contributed by atoms with Crippen molar-refractivity contribution in [3.05, 3.63) is 71.7 Å². The lowest BCUT2D eigenvalue weighted by atomic mass is 10.0. The van der Waals surface area contributed by atoms with Crippen LogP contribution in [-0.4, -0.2) is 54.7 Å². The monoisotopic (exact) mass is 499 g/mol.